The molecule has 2 aromatic carbocycles. The lowest BCUT2D eigenvalue weighted by molar-refractivity contribution is -0.143. The predicted octanol–water partition coefficient (Wildman–Crippen LogP) is 4.82. The molecule has 33 heavy (non-hydrogen) atoms. The van der Waals surface area contributed by atoms with Gasteiger partial charge >= 0.3 is 0 Å². The van der Waals surface area contributed by atoms with E-state index in [0.29, 0.717) is 36.0 Å². The molecule has 0 saturated heterocycles. The summed E-state index contributed by atoms with van der Waals surface area (Å²) in [5.41, 5.74) is 1.14. The van der Waals surface area contributed by atoms with Crippen molar-refractivity contribution in [3.63, 3.8) is 0 Å². The zero-order chi connectivity index (χ0) is 23.6. The van der Waals surface area contributed by atoms with Crippen LogP contribution in [0.25, 0.3) is 0 Å². The summed E-state index contributed by atoms with van der Waals surface area (Å²) in [6.07, 6.45) is 2.30. The Morgan fingerprint density at radius 3 is 2.33 bits per heavy atom. The minimum atomic E-state index is -0.255. The maximum atomic E-state index is 13.3. The third-order valence-corrected chi connectivity index (χ3v) is 5.47. The van der Waals surface area contributed by atoms with Gasteiger partial charge in [-0.2, -0.15) is 0 Å². The van der Waals surface area contributed by atoms with Gasteiger partial charge in [0.1, 0.15) is 18.1 Å². The molecule has 0 radical (unpaired) electrons. The molecule has 3 rings (SSSR count). The van der Waals surface area contributed by atoms with Crippen LogP contribution in [0.15, 0.2) is 77.4 Å². The largest absolute Gasteiger partial charge is 0.484 e. The summed E-state index contributed by atoms with van der Waals surface area (Å²) in [7, 11) is 0. The van der Waals surface area contributed by atoms with E-state index in [1.165, 1.54) is 4.90 Å². The fraction of sp³-hybridized carbons (Fsp3) is 0.308. The first kappa shape index (κ1) is 24.4. The van der Waals surface area contributed by atoms with Crippen molar-refractivity contribution < 1.29 is 18.7 Å². The topological polar surface area (TPSA) is 63.0 Å². The van der Waals surface area contributed by atoms with E-state index in [-0.39, 0.29) is 31.0 Å². The van der Waals surface area contributed by atoms with Crippen LogP contribution in [0.5, 0.6) is 5.75 Å². The minimum Gasteiger partial charge on any atom is -0.484 e. The molecular weight excluding hydrogens is 440 g/mol. The third kappa shape index (κ3) is 7.68. The van der Waals surface area contributed by atoms with E-state index in [4.69, 9.17) is 20.8 Å². The molecule has 0 atom stereocenters. The molecule has 2 amide bonds. The molecule has 1 heterocycles. The van der Waals surface area contributed by atoms with E-state index in [1.807, 2.05) is 50.2 Å². The summed E-state index contributed by atoms with van der Waals surface area (Å²) in [5.74, 6) is 0.847. The molecule has 174 valence electrons. The van der Waals surface area contributed by atoms with E-state index in [2.05, 4.69) is 0 Å². The number of benzene rings is 2. The van der Waals surface area contributed by atoms with E-state index in [1.54, 1.807) is 41.5 Å². The van der Waals surface area contributed by atoms with E-state index in [0.717, 1.165) is 5.56 Å². The highest BCUT2D eigenvalue weighted by Gasteiger charge is 2.24. The molecule has 0 N–H and O–H groups in total. The lowest BCUT2D eigenvalue weighted by Crippen LogP contribution is -2.47. The van der Waals surface area contributed by atoms with Gasteiger partial charge in [0.2, 0.25) is 5.91 Å². The number of rotatable bonds is 11. The lowest BCUT2D eigenvalue weighted by atomic mass is 10.1. The summed E-state index contributed by atoms with van der Waals surface area (Å²) >= 11 is 5.89. The van der Waals surface area contributed by atoms with E-state index in [9.17, 15) is 9.59 Å². The summed E-state index contributed by atoms with van der Waals surface area (Å²) in [5, 5.41) is 0.593. The van der Waals surface area contributed by atoms with Crippen molar-refractivity contribution in [2.45, 2.75) is 32.9 Å². The number of carbonyl (C=O) groups is 2. The maximum Gasteiger partial charge on any atom is 0.261 e. The number of furan rings is 1. The number of hydrogen-bond donors (Lipinski definition) is 0. The average Bonchev–Trinajstić information content (AvgIpc) is 3.33. The van der Waals surface area contributed by atoms with Crippen molar-refractivity contribution in [1.82, 2.24) is 9.80 Å². The Balaban J connectivity index is 1.64. The van der Waals surface area contributed by atoms with Crippen molar-refractivity contribution in [2.24, 2.45) is 0 Å². The van der Waals surface area contributed by atoms with Crippen molar-refractivity contribution in [2.75, 3.05) is 19.7 Å². The highest BCUT2D eigenvalue weighted by Crippen LogP contribution is 2.16. The SMILES string of the molecule is CC(C)N(CC(=O)N(CCc1ccccc1)Cc1ccco1)C(=O)COc1ccc(Cl)cc1. The molecule has 0 bridgehead atoms. The molecule has 0 aliphatic heterocycles. The summed E-state index contributed by atoms with van der Waals surface area (Å²) in [6.45, 7) is 4.44. The quantitative estimate of drug-likeness (QED) is 0.404. The van der Waals surface area contributed by atoms with Gasteiger partial charge in [0, 0.05) is 17.6 Å². The molecule has 0 fully saturated rings. The Kier molecular flexibility index (Phi) is 8.95. The maximum absolute atomic E-state index is 13.3. The van der Waals surface area contributed by atoms with E-state index >= 15 is 0 Å². The van der Waals surface area contributed by atoms with Crippen molar-refractivity contribution >= 4 is 23.4 Å². The second kappa shape index (κ2) is 12.1. The van der Waals surface area contributed by atoms with Crippen LogP contribution in [0.3, 0.4) is 0 Å². The Hall–Kier alpha value is -3.25. The highest BCUT2D eigenvalue weighted by atomic mass is 35.5. The summed E-state index contributed by atoms with van der Waals surface area (Å²) in [6, 6.07) is 20.3. The van der Waals surface area contributed by atoms with Crippen molar-refractivity contribution in [1.29, 1.82) is 0 Å². The Morgan fingerprint density at radius 1 is 0.970 bits per heavy atom. The second-order valence-electron chi connectivity index (χ2n) is 7.99. The van der Waals surface area contributed by atoms with Crippen LogP contribution in [-0.4, -0.2) is 47.4 Å². The zero-order valence-corrected chi connectivity index (χ0v) is 19.7. The number of hydrogen-bond acceptors (Lipinski definition) is 4. The second-order valence-corrected chi connectivity index (χ2v) is 8.42. The number of carbonyl (C=O) groups excluding carboxylic acids is 2. The van der Waals surface area contributed by atoms with Crippen molar-refractivity contribution in [3.05, 3.63) is 89.3 Å². The van der Waals surface area contributed by atoms with Gasteiger partial charge in [0.25, 0.3) is 5.91 Å². The molecule has 0 spiro atoms. The lowest BCUT2D eigenvalue weighted by Gasteiger charge is -2.30. The van der Waals surface area contributed by atoms with Crippen LogP contribution < -0.4 is 4.74 Å². The number of halogens is 1. The van der Waals surface area contributed by atoms with Gasteiger partial charge in [0.15, 0.2) is 6.61 Å². The molecule has 0 aliphatic rings. The van der Waals surface area contributed by atoms with Gasteiger partial charge in [0.05, 0.1) is 12.8 Å². The summed E-state index contributed by atoms with van der Waals surface area (Å²) in [4.78, 5) is 29.4. The normalized spacial score (nSPS) is 10.8. The summed E-state index contributed by atoms with van der Waals surface area (Å²) < 4.78 is 11.1. The van der Waals surface area contributed by atoms with Crippen LogP contribution in [-0.2, 0) is 22.6 Å². The van der Waals surface area contributed by atoms with Gasteiger partial charge < -0.3 is 19.0 Å². The van der Waals surface area contributed by atoms with Gasteiger partial charge in [-0.3, -0.25) is 9.59 Å². The van der Waals surface area contributed by atoms with Gasteiger partial charge in [-0.1, -0.05) is 41.9 Å². The average molecular weight is 469 g/mol. The molecular formula is C26H29ClN2O4. The monoisotopic (exact) mass is 468 g/mol. The molecule has 0 saturated carbocycles. The predicted molar refractivity (Wildman–Crippen MR) is 128 cm³/mol. The first-order valence-electron chi connectivity index (χ1n) is 10.9. The highest BCUT2D eigenvalue weighted by molar-refractivity contribution is 6.30. The molecule has 0 aliphatic carbocycles. The van der Waals surface area contributed by atoms with Crippen LogP contribution in [0.2, 0.25) is 5.02 Å². The number of amides is 2. The van der Waals surface area contributed by atoms with E-state index < -0.39 is 0 Å². The zero-order valence-electron chi connectivity index (χ0n) is 18.9. The Morgan fingerprint density at radius 2 is 1.70 bits per heavy atom. The van der Waals surface area contributed by atoms with Gasteiger partial charge in [-0.05, 0) is 62.2 Å². The van der Waals surface area contributed by atoms with Crippen LogP contribution >= 0.6 is 11.6 Å². The Bertz CT molecular complexity index is 1000. The molecule has 7 heteroatoms. The van der Waals surface area contributed by atoms with Crippen LogP contribution in [0.1, 0.15) is 25.2 Å². The number of ether oxygens (including phenoxy) is 1. The first-order valence-corrected chi connectivity index (χ1v) is 11.3. The third-order valence-electron chi connectivity index (χ3n) is 5.22. The fourth-order valence-electron chi connectivity index (χ4n) is 3.35. The molecule has 6 nitrogen and oxygen atoms in total. The Labute approximate surface area is 199 Å². The fourth-order valence-corrected chi connectivity index (χ4v) is 3.48. The van der Waals surface area contributed by atoms with Gasteiger partial charge in [-0.15, -0.1) is 0 Å². The van der Waals surface area contributed by atoms with Crippen LogP contribution in [0.4, 0.5) is 0 Å². The number of nitrogens with zero attached hydrogens (tertiary/aromatic N) is 2. The molecule has 0 unspecified atom stereocenters. The van der Waals surface area contributed by atoms with Crippen molar-refractivity contribution in [3.8, 4) is 5.75 Å². The standard InChI is InChI=1S/C26H29ClN2O4/c1-20(2)29(26(31)19-33-23-12-10-22(27)11-13-23)18-25(30)28(17-24-9-6-16-32-24)15-14-21-7-4-3-5-8-21/h3-13,16,20H,14-15,17-19H2,1-2H3. The first-order chi connectivity index (χ1) is 15.9. The molecule has 3 aromatic rings. The van der Waals surface area contributed by atoms with Gasteiger partial charge in [-0.25, -0.2) is 0 Å². The smallest absolute Gasteiger partial charge is 0.261 e. The van der Waals surface area contributed by atoms with Crippen LogP contribution in [0, 0.1) is 0 Å². The minimum absolute atomic E-state index is 0.0318. The molecule has 1 aromatic heterocycles.